The minimum Gasteiger partial charge on any atom is -0.520 e. The molecule has 1 aromatic heterocycles. The van der Waals surface area contributed by atoms with Crippen LogP contribution >= 0.6 is 0 Å². The highest BCUT2D eigenvalue weighted by Crippen LogP contribution is 2.19. The lowest BCUT2D eigenvalue weighted by Crippen LogP contribution is -2.26. The molecule has 0 saturated carbocycles. The first kappa shape index (κ1) is 11.9. The number of hydrogen-bond acceptors (Lipinski definition) is 2. The van der Waals surface area contributed by atoms with Crippen LogP contribution in [0.2, 0.25) is 0 Å². The van der Waals surface area contributed by atoms with Gasteiger partial charge in [-0.1, -0.05) is 6.92 Å². The number of nitrogens with zero attached hydrogens (tertiary/aromatic N) is 1. The Labute approximate surface area is 86.5 Å². The summed E-state index contributed by atoms with van der Waals surface area (Å²) in [5, 5.41) is 0. The number of aromatic nitrogens is 1. The van der Waals surface area contributed by atoms with Gasteiger partial charge in [-0.3, -0.25) is 4.98 Å². The zero-order chi connectivity index (χ0) is 11.5. The molecule has 84 valence electrons. The summed E-state index contributed by atoms with van der Waals surface area (Å²) in [5.41, 5.74) is 1.34. The number of hydrogen-bond donors (Lipinski definition) is 0. The predicted octanol–water partition coefficient (Wildman–Crippen LogP) is 2.72. The van der Waals surface area contributed by atoms with E-state index in [1.165, 1.54) is 6.07 Å². The maximum atomic E-state index is 12.0. The SMILES string of the molecule is CCc1nc(C)ccc1OC[B-](F)(F)F. The second-order valence-electron chi connectivity index (χ2n) is 3.27. The van der Waals surface area contributed by atoms with Crippen LogP contribution in [0.1, 0.15) is 18.3 Å². The van der Waals surface area contributed by atoms with E-state index >= 15 is 0 Å². The van der Waals surface area contributed by atoms with Crippen molar-refractivity contribution in [2.75, 3.05) is 6.51 Å². The molecule has 0 atom stereocenters. The molecule has 0 radical (unpaired) electrons. The van der Waals surface area contributed by atoms with E-state index in [-0.39, 0.29) is 5.75 Å². The second kappa shape index (κ2) is 4.55. The van der Waals surface area contributed by atoms with Crippen molar-refractivity contribution in [2.24, 2.45) is 0 Å². The summed E-state index contributed by atoms with van der Waals surface area (Å²) >= 11 is 0. The van der Waals surface area contributed by atoms with Crippen LogP contribution in [0.5, 0.6) is 5.75 Å². The first-order chi connectivity index (χ1) is 6.92. The molecule has 0 aromatic carbocycles. The molecule has 1 rings (SSSR count). The summed E-state index contributed by atoms with van der Waals surface area (Å²) in [4.78, 5) is 4.11. The molecule has 0 bridgehead atoms. The van der Waals surface area contributed by atoms with E-state index in [2.05, 4.69) is 9.72 Å². The van der Waals surface area contributed by atoms with Gasteiger partial charge in [0.05, 0.1) is 12.2 Å². The van der Waals surface area contributed by atoms with Gasteiger partial charge in [-0.2, -0.15) is 0 Å². The number of aryl methyl sites for hydroxylation is 2. The monoisotopic (exact) mass is 218 g/mol. The largest absolute Gasteiger partial charge is 0.520 e. The van der Waals surface area contributed by atoms with E-state index in [0.717, 1.165) is 5.69 Å². The zero-order valence-corrected chi connectivity index (χ0v) is 8.64. The Kier molecular flexibility index (Phi) is 3.60. The van der Waals surface area contributed by atoms with Crippen LogP contribution in [-0.4, -0.2) is 18.5 Å². The highest BCUT2D eigenvalue weighted by molar-refractivity contribution is 6.58. The molecular weight excluding hydrogens is 206 g/mol. The Morgan fingerprint density at radius 1 is 1.33 bits per heavy atom. The molecule has 0 N–H and O–H groups in total. The van der Waals surface area contributed by atoms with Gasteiger partial charge in [0.2, 0.25) is 0 Å². The fraction of sp³-hybridized carbons (Fsp3) is 0.444. The Bertz CT molecular complexity index is 341. The minimum absolute atomic E-state index is 0.224. The van der Waals surface area contributed by atoms with Gasteiger partial charge in [0.1, 0.15) is 5.75 Å². The van der Waals surface area contributed by atoms with Crippen molar-refractivity contribution in [1.82, 2.24) is 4.98 Å². The smallest absolute Gasteiger partial charge is 0.515 e. The van der Waals surface area contributed by atoms with Crippen LogP contribution in [0.3, 0.4) is 0 Å². The molecule has 6 heteroatoms. The average molecular weight is 218 g/mol. The van der Waals surface area contributed by atoms with Crippen molar-refractivity contribution in [1.29, 1.82) is 0 Å². The lowest BCUT2D eigenvalue weighted by Gasteiger charge is -2.16. The van der Waals surface area contributed by atoms with Crippen LogP contribution in [-0.2, 0) is 6.42 Å². The lowest BCUT2D eigenvalue weighted by molar-refractivity contribution is 0.309. The van der Waals surface area contributed by atoms with Crippen LogP contribution in [0.4, 0.5) is 12.9 Å². The van der Waals surface area contributed by atoms with Gasteiger partial charge in [0.15, 0.2) is 0 Å². The van der Waals surface area contributed by atoms with Crippen molar-refractivity contribution in [3.05, 3.63) is 23.5 Å². The fourth-order valence-electron chi connectivity index (χ4n) is 1.17. The molecule has 15 heavy (non-hydrogen) atoms. The quantitative estimate of drug-likeness (QED) is 0.724. The van der Waals surface area contributed by atoms with Gasteiger partial charge >= 0.3 is 6.98 Å². The van der Waals surface area contributed by atoms with E-state index in [0.29, 0.717) is 12.1 Å². The van der Waals surface area contributed by atoms with Crippen LogP contribution in [0.25, 0.3) is 0 Å². The third-order valence-electron chi connectivity index (χ3n) is 1.83. The first-order valence-electron chi connectivity index (χ1n) is 4.72. The predicted molar refractivity (Wildman–Crippen MR) is 52.9 cm³/mol. The van der Waals surface area contributed by atoms with Crippen LogP contribution in [0.15, 0.2) is 12.1 Å². The molecule has 0 aliphatic heterocycles. The maximum Gasteiger partial charge on any atom is 0.515 e. The van der Waals surface area contributed by atoms with Crippen molar-refractivity contribution in [3.63, 3.8) is 0 Å². The third kappa shape index (κ3) is 3.81. The summed E-state index contributed by atoms with van der Waals surface area (Å²) in [6.07, 6.45) is 0.557. The Balaban J connectivity index is 2.76. The normalized spacial score (nSPS) is 11.5. The van der Waals surface area contributed by atoms with Crippen molar-refractivity contribution < 1.29 is 17.7 Å². The molecule has 0 amide bonds. The summed E-state index contributed by atoms with van der Waals surface area (Å²) in [7, 11) is 0. The molecule has 0 unspecified atom stereocenters. The standard InChI is InChI=1S/C9H12BF3NO/c1-3-8-9(5-4-7(2)14-8)15-6-10(11,12)13/h4-5H,3,6H2,1-2H3/q-1. The molecule has 0 saturated heterocycles. The Morgan fingerprint density at radius 2 is 2.00 bits per heavy atom. The van der Waals surface area contributed by atoms with Gasteiger partial charge in [-0.05, 0) is 25.5 Å². The highest BCUT2D eigenvalue weighted by Gasteiger charge is 2.24. The van der Waals surface area contributed by atoms with E-state index in [9.17, 15) is 12.9 Å². The number of pyridine rings is 1. The maximum absolute atomic E-state index is 12.0. The van der Waals surface area contributed by atoms with E-state index in [4.69, 9.17) is 0 Å². The molecule has 1 heterocycles. The minimum atomic E-state index is -4.91. The van der Waals surface area contributed by atoms with Gasteiger partial charge < -0.3 is 17.7 Å². The number of ether oxygens (including phenoxy) is 1. The van der Waals surface area contributed by atoms with Gasteiger partial charge in [0.25, 0.3) is 0 Å². The summed E-state index contributed by atoms with van der Waals surface area (Å²) in [6, 6.07) is 3.17. The van der Waals surface area contributed by atoms with Gasteiger partial charge in [-0.25, -0.2) is 0 Å². The molecule has 2 nitrogen and oxygen atoms in total. The van der Waals surface area contributed by atoms with Crippen LogP contribution < -0.4 is 4.74 Å². The molecule has 0 aliphatic carbocycles. The van der Waals surface area contributed by atoms with Gasteiger partial charge in [-0.15, -0.1) is 0 Å². The topological polar surface area (TPSA) is 22.1 Å². The first-order valence-corrected chi connectivity index (χ1v) is 4.72. The van der Waals surface area contributed by atoms with E-state index in [1.54, 1.807) is 13.0 Å². The van der Waals surface area contributed by atoms with E-state index < -0.39 is 13.5 Å². The van der Waals surface area contributed by atoms with E-state index in [1.807, 2.05) is 6.92 Å². The molecule has 0 fully saturated rings. The highest BCUT2D eigenvalue weighted by atomic mass is 19.4. The molecule has 0 spiro atoms. The summed E-state index contributed by atoms with van der Waals surface area (Å²) in [5.74, 6) is 0.224. The Hall–Kier alpha value is -1.20. The number of halogens is 3. The van der Waals surface area contributed by atoms with Crippen molar-refractivity contribution in [2.45, 2.75) is 20.3 Å². The summed E-state index contributed by atoms with van der Waals surface area (Å²) in [6.45, 7) is -2.50. The lowest BCUT2D eigenvalue weighted by atomic mass is 9.95. The summed E-state index contributed by atoms with van der Waals surface area (Å²) < 4.78 is 40.6. The Morgan fingerprint density at radius 3 is 2.53 bits per heavy atom. The van der Waals surface area contributed by atoms with Crippen molar-refractivity contribution >= 4 is 6.98 Å². The van der Waals surface area contributed by atoms with Gasteiger partial charge in [0, 0.05) is 5.69 Å². The molecular formula is C9H12BF3NO-. The van der Waals surface area contributed by atoms with Crippen molar-refractivity contribution in [3.8, 4) is 5.75 Å². The fourth-order valence-corrected chi connectivity index (χ4v) is 1.17. The average Bonchev–Trinajstić information content (AvgIpc) is 2.14. The third-order valence-corrected chi connectivity index (χ3v) is 1.83. The van der Waals surface area contributed by atoms with Crippen LogP contribution in [0, 0.1) is 6.92 Å². The molecule has 1 aromatic rings. The molecule has 0 aliphatic rings. The second-order valence-corrected chi connectivity index (χ2v) is 3.27. The zero-order valence-electron chi connectivity index (χ0n) is 8.64. The number of rotatable bonds is 4.